The summed E-state index contributed by atoms with van der Waals surface area (Å²) in [5.41, 5.74) is 0. The zero-order valence-electron chi connectivity index (χ0n) is 12.1. The largest absolute Gasteiger partial charge is 0.465 e. The second-order valence-electron chi connectivity index (χ2n) is 3.96. The highest BCUT2D eigenvalue weighted by Gasteiger charge is 2.40. The predicted molar refractivity (Wildman–Crippen MR) is 75.9 cm³/mol. The number of ether oxygens (including phenoxy) is 1. The molecule has 0 fully saturated rings. The number of carbonyl (C=O) groups is 2. The summed E-state index contributed by atoms with van der Waals surface area (Å²) in [5, 5.41) is -0.0447. The average Bonchev–Trinajstić information content (AvgIpc) is 2.37. The number of carbonyl (C=O) groups excluding carboxylic acids is 2. The van der Waals surface area contributed by atoms with E-state index in [0.717, 1.165) is 11.8 Å². The van der Waals surface area contributed by atoms with Gasteiger partial charge in [0.2, 0.25) is 0 Å². The lowest BCUT2D eigenvalue weighted by molar-refractivity contribution is -0.146. The molecule has 0 aliphatic rings. The molecule has 0 heterocycles. The van der Waals surface area contributed by atoms with Gasteiger partial charge in [-0.25, -0.2) is 0 Å². The minimum atomic E-state index is -0.740. The van der Waals surface area contributed by atoms with Crippen molar-refractivity contribution in [1.82, 2.24) is 4.90 Å². The standard InChI is InChI=1S/C13H25NO3S/c1-6-13(7-2,11(15)17-10-5)18-12(16)14(8-3)9-4/h6-10H2,1-5H3. The van der Waals surface area contributed by atoms with Crippen molar-refractivity contribution >= 4 is 23.0 Å². The van der Waals surface area contributed by atoms with Crippen LogP contribution in [0, 0.1) is 0 Å². The molecule has 0 aliphatic heterocycles. The molecule has 4 nitrogen and oxygen atoms in total. The fourth-order valence-electron chi connectivity index (χ4n) is 1.70. The van der Waals surface area contributed by atoms with Crippen LogP contribution in [-0.2, 0) is 9.53 Å². The monoisotopic (exact) mass is 275 g/mol. The summed E-state index contributed by atoms with van der Waals surface area (Å²) in [7, 11) is 0. The van der Waals surface area contributed by atoms with Crippen molar-refractivity contribution in [2.24, 2.45) is 0 Å². The maximum absolute atomic E-state index is 12.1. The molecule has 0 spiro atoms. The first kappa shape index (κ1) is 17.3. The summed E-state index contributed by atoms with van der Waals surface area (Å²) in [6.45, 7) is 11.2. The number of esters is 1. The van der Waals surface area contributed by atoms with Crippen molar-refractivity contribution in [3.8, 4) is 0 Å². The second-order valence-corrected chi connectivity index (χ2v) is 5.30. The lowest BCUT2D eigenvalue weighted by Gasteiger charge is -2.30. The van der Waals surface area contributed by atoms with E-state index < -0.39 is 4.75 Å². The van der Waals surface area contributed by atoms with Crippen LogP contribution in [0.2, 0.25) is 0 Å². The van der Waals surface area contributed by atoms with E-state index in [4.69, 9.17) is 4.74 Å². The molecule has 0 aromatic carbocycles. The van der Waals surface area contributed by atoms with Crippen LogP contribution in [0.25, 0.3) is 0 Å². The molecular weight excluding hydrogens is 250 g/mol. The summed E-state index contributed by atoms with van der Waals surface area (Å²) in [4.78, 5) is 25.9. The van der Waals surface area contributed by atoms with E-state index in [1.807, 2.05) is 27.7 Å². The van der Waals surface area contributed by atoms with Crippen LogP contribution in [0.1, 0.15) is 47.5 Å². The van der Waals surface area contributed by atoms with Crippen molar-refractivity contribution in [3.63, 3.8) is 0 Å². The Morgan fingerprint density at radius 2 is 1.56 bits per heavy atom. The molecule has 0 radical (unpaired) electrons. The van der Waals surface area contributed by atoms with Gasteiger partial charge in [-0.2, -0.15) is 0 Å². The van der Waals surface area contributed by atoms with Gasteiger partial charge in [-0.05, 0) is 45.4 Å². The SMILES string of the molecule is CCOC(=O)C(CC)(CC)SC(=O)N(CC)CC. The number of thioether (sulfide) groups is 1. The zero-order valence-corrected chi connectivity index (χ0v) is 12.9. The Morgan fingerprint density at radius 3 is 1.89 bits per heavy atom. The zero-order chi connectivity index (χ0) is 14.2. The van der Waals surface area contributed by atoms with E-state index in [0.29, 0.717) is 32.5 Å². The highest BCUT2D eigenvalue weighted by Crippen LogP contribution is 2.35. The van der Waals surface area contributed by atoms with Gasteiger partial charge in [0.25, 0.3) is 5.24 Å². The van der Waals surface area contributed by atoms with Gasteiger partial charge in [-0.3, -0.25) is 9.59 Å². The normalized spacial score (nSPS) is 11.2. The topological polar surface area (TPSA) is 46.6 Å². The molecule has 5 heteroatoms. The van der Waals surface area contributed by atoms with Crippen molar-refractivity contribution in [2.75, 3.05) is 19.7 Å². The molecule has 0 aromatic heterocycles. The van der Waals surface area contributed by atoms with Crippen LogP contribution < -0.4 is 0 Å². The Bertz CT molecular complexity index is 273. The third-order valence-corrected chi connectivity index (χ3v) is 4.66. The molecule has 0 aromatic rings. The van der Waals surface area contributed by atoms with E-state index in [1.54, 1.807) is 11.8 Å². The molecule has 0 saturated heterocycles. The van der Waals surface area contributed by atoms with E-state index in [2.05, 4.69) is 0 Å². The lowest BCUT2D eigenvalue weighted by Crippen LogP contribution is -2.40. The second kappa shape index (κ2) is 8.40. The summed E-state index contributed by atoms with van der Waals surface area (Å²) in [6.07, 6.45) is 1.19. The van der Waals surface area contributed by atoms with E-state index in [9.17, 15) is 9.59 Å². The van der Waals surface area contributed by atoms with Crippen molar-refractivity contribution < 1.29 is 14.3 Å². The highest BCUT2D eigenvalue weighted by molar-refractivity contribution is 8.15. The molecule has 0 aliphatic carbocycles. The number of hydrogen-bond acceptors (Lipinski definition) is 4. The Kier molecular flexibility index (Phi) is 8.07. The maximum atomic E-state index is 12.1. The molecule has 0 rings (SSSR count). The molecule has 0 bridgehead atoms. The maximum Gasteiger partial charge on any atom is 0.322 e. The summed E-state index contributed by atoms with van der Waals surface area (Å²) in [5.74, 6) is -0.277. The lowest BCUT2D eigenvalue weighted by atomic mass is 10.0. The van der Waals surface area contributed by atoms with Crippen LogP contribution >= 0.6 is 11.8 Å². The Morgan fingerprint density at radius 1 is 1.06 bits per heavy atom. The van der Waals surface area contributed by atoms with Crippen LogP contribution in [0.4, 0.5) is 4.79 Å². The van der Waals surface area contributed by atoms with Gasteiger partial charge in [0.1, 0.15) is 4.75 Å². The van der Waals surface area contributed by atoms with Crippen LogP contribution in [-0.4, -0.2) is 40.6 Å². The minimum Gasteiger partial charge on any atom is -0.465 e. The molecule has 0 atom stereocenters. The van der Waals surface area contributed by atoms with Crippen LogP contribution in [0.5, 0.6) is 0 Å². The van der Waals surface area contributed by atoms with Gasteiger partial charge in [-0.1, -0.05) is 13.8 Å². The summed E-state index contributed by atoms with van der Waals surface area (Å²) >= 11 is 1.11. The quantitative estimate of drug-likeness (QED) is 0.669. The van der Waals surface area contributed by atoms with Gasteiger partial charge in [-0.15, -0.1) is 0 Å². The number of amides is 1. The third kappa shape index (κ3) is 4.19. The minimum absolute atomic E-state index is 0.0447. The molecule has 18 heavy (non-hydrogen) atoms. The van der Waals surface area contributed by atoms with Crippen LogP contribution in [0.15, 0.2) is 0 Å². The molecule has 0 N–H and O–H groups in total. The smallest absolute Gasteiger partial charge is 0.322 e. The Hall–Kier alpha value is -0.710. The first-order valence-corrected chi connectivity index (χ1v) is 7.47. The Balaban J connectivity index is 4.90. The molecule has 0 saturated carbocycles. The molecular formula is C13H25NO3S. The Labute approximate surface area is 114 Å². The van der Waals surface area contributed by atoms with Gasteiger partial charge < -0.3 is 9.64 Å². The van der Waals surface area contributed by atoms with Crippen LogP contribution in [0.3, 0.4) is 0 Å². The first-order chi connectivity index (χ1) is 8.51. The van der Waals surface area contributed by atoms with Gasteiger partial charge in [0.15, 0.2) is 0 Å². The fraction of sp³-hybridized carbons (Fsp3) is 0.846. The number of nitrogens with zero attached hydrogens (tertiary/aromatic N) is 1. The van der Waals surface area contributed by atoms with Crippen molar-refractivity contribution in [1.29, 1.82) is 0 Å². The highest BCUT2D eigenvalue weighted by atomic mass is 32.2. The summed E-state index contributed by atoms with van der Waals surface area (Å²) < 4.78 is 4.37. The fourth-order valence-corrected chi connectivity index (χ4v) is 2.85. The van der Waals surface area contributed by atoms with E-state index in [1.165, 1.54) is 0 Å². The number of rotatable bonds is 7. The first-order valence-electron chi connectivity index (χ1n) is 6.66. The van der Waals surface area contributed by atoms with Crippen molar-refractivity contribution in [3.05, 3.63) is 0 Å². The summed E-state index contributed by atoms with van der Waals surface area (Å²) in [6, 6.07) is 0. The van der Waals surface area contributed by atoms with E-state index >= 15 is 0 Å². The number of hydrogen-bond donors (Lipinski definition) is 0. The molecule has 0 unspecified atom stereocenters. The van der Waals surface area contributed by atoms with Gasteiger partial charge >= 0.3 is 5.97 Å². The van der Waals surface area contributed by atoms with Crippen molar-refractivity contribution in [2.45, 2.75) is 52.2 Å². The van der Waals surface area contributed by atoms with E-state index in [-0.39, 0.29) is 11.2 Å². The predicted octanol–water partition coefficient (Wildman–Crippen LogP) is 3.30. The third-order valence-electron chi connectivity index (χ3n) is 3.09. The average molecular weight is 275 g/mol. The van der Waals surface area contributed by atoms with Gasteiger partial charge in [0.05, 0.1) is 6.61 Å². The molecule has 106 valence electrons. The van der Waals surface area contributed by atoms with Gasteiger partial charge in [0, 0.05) is 13.1 Å². The molecule has 1 amide bonds.